The summed E-state index contributed by atoms with van der Waals surface area (Å²) < 4.78 is 24.7. The number of rotatable bonds is 2. The fraction of sp³-hybridized carbons (Fsp3) is 0.167. The molecule has 6 nitrogen and oxygen atoms in total. The van der Waals surface area contributed by atoms with E-state index in [9.17, 15) is 8.42 Å². The highest BCUT2D eigenvalue weighted by Gasteiger charge is 2.28. The van der Waals surface area contributed by atoms with Gasteiger partial charge in [-0.1, -0.05) is 16.1 Å². The standard InChI is InChI=1S/C6H6ClN3O3S2/c1-9(11)15(12,13)5-4(7)8-6-10(5)2-3-14-6/h2-3,11H,1H3. The SMILES string of the molecule is CN(O)S(=O)(=O)c1c(Cl)nc2sccn12. The van der Waals surface area contributed by atoms with Crippen LogP contribution in [0.3, 0.4) is 0 Å². The van der Waals surface area contributed by atoms with E-state index < -0.39 is 10.0 Å². The minimum Gasteiger partial charge on any atom is -0.299 e. The minimum atomic E-state index is -4.00. The Hall–Kier alpha value is -0.670. The number of nitrogens with zero attached hydrogens (tertiary/aromatic N) is 3. The van der Waals surface area contributed by atoms with Gasteiger partial charge in [0.2, 0.25) is 0 Å². The van der Waals surface area contributed by atoms with Crippen molar-refractivity contribution in [2.45, 2.75) is 5.03 Å². The van der Waals surface area contributed by atoms with E-state index >= 15 is 0 Å². The lowest BCUT2D eigenvalue weighted by Gasteiger charge is -2.08. The average molecular weight is 268 g/mol. The van der Waals surface area contributed by atoms with Crippen molar-refractivity contribution >= 4 is 37.9 Å². The van der Waals surface area contributed by atoms with Crippen molar-refractivity contribution < 1.29 is 13.6 Å². The molecule has 0 aliphatic carbocycles. The first-order valence-corrected chi connectivity index (χ1v) is 6.43. The molecule has 15 heavy (non-hydrogen) atoms. The largest absolute Gasteiger partial charge is 0.299 e. The molecule has 0 aliphatic heterocycles. The summed E-state index contributed by atoms with van der Waals surface area (Å²) in [6.07, 6.45) is 1.52. The summed E-state index contributed by atoms with van der Waals surface area (Å²) in [5.74, 6) is 0. The van der Waals surface area contributed by atoms with Crippen molar-refractivity contribution in [1.29, 1.82) is 0 Å². The van der Waals surface area contributed by atoms with Crippen LogP contribution in [0.2, 0.25) is 5.15 Å². The Balaban J connectivity index is 2.81. The Morgan fingerprint density at radius 3 is 2.93 bits per heavy atom. The summed E-state index contributed by atoms with van der Waals surface area (Å²) in [6.45, 7) is 0. The first-order valence-electron chi connectivity index (χ1n) is 3.73. The van der Waals surface area contributed by atoms with Crippen molar-refractivity contribution in [3.8, 4) is 0 Å². The van der Waals surface area contributed by atoms with Crippen LogP contribution in [0.25, 0.3) is 4.96 Å². The zero-order chi connectivity index (χ0) is 11.2. The second-order valence-electron chi connectivity index (χ2n) is 2.70. The van der Waals surface area contributed by atoms with Gasteiger partial charge >= 0.3 is 0 Å². The van der Waals surface area contributed by atoms with E-state index in [2.05, 4.69) is 4.98 Å². The number of hydrogen-bond donors (Lipinski definition) is 1. The van der Waals surface area contributed by atoms with Crippen molar-refractivity contribution in [3.05, 3.63) is 16.7 Å². The number of sulfonamides is 1. The molecule has 2 heterocycles. The molecular formula is C6H6ClN3O3S2. The molecule has 0 unspecified atom stereocenters. The van der Waals surface area contributed by atoms with Gasteiger partial charge in [-0.15, -0.1) is 11.3 Å². The van der Waals surface area contributed by atoms with Crippen LogP contribution in [0.1, 0.15) is 0 Å². The molecule has 0 saturated carbocycles. The average Bonchev–Trinajstić information content (AvgIpc) is 2.61. The quantitative estimate of drug-likeness (QED) is 0.826. The van der Waals surface area contributed by atoms with Crippen LogP contribution in [-0.2, 0) is 10.0 Å². The van der Waals surface area contributed by atoms with Gasteiger partial charge in [-0.05, 0) is 0 Å². The Kier molecular flexibility index (Phi) is 2.47. The van der Waals surface area contributed by atoms with Gasteiger partial charge < -0.3 is 0 Å². The third kappa shape index (κ3) is 1.54. The molecule has 1 N–H and O–H groups in total. The summed E-state index contributed by atoms with van der Waals surface area (Å²) in [6, 6.07) is 0. The van der Waals surface area contributed by atoms with Crippen molar-refractivity contribution in [2.75, 3.05) is 7.05 Å². The van der Waals surface area contributed by atoms with Crippen LogP contribution in [0, 0.1) is 0 Å². The molecule has 0 radical (unpaired) electrons. The molecule has 2 rings (SSSR count). The fourth-order valence-electron chi connectivity index (χ4n) is 1.09. The van der Waals surface area contributed by atoms with Gasteiger partial charge in [0.05, 0.1) is 0 Å². The van der Waals surface area contributed by atoms with E-state index in [0.29, 0.717) is 4.96 Å². The highest BCUT2D eigenvalue weighted by atomic mass is 35.5. The third-order valence-electron chi connectivity index (χ3n) is 1.77. The summed E-state index contributed by atoms with van der Waals surface area (Å²) >= 11 is 6.95. The number of aromatic nitrogens is 2. The van der Waals surface area contributed by atoms with Crippen molar-refractivity contribution in [3.63, 3.8) is 0 Å². The molecule has 0 bridgehead atoms. The maximum absolute atomic E-state index is 11.7. The number of fused-ring (bicyclic) bond motifs is 1. The molecule has 2 aromatic rings. The van der Waals surface area contributed by atoms with Crippen molar-refractivity contribution in [1.82, 2.24) is 13.9 Å². The third-order valence-corrected chi connectivity index (χ3v) is 4.48. The highest BCUT2D eigenvalue weighted by molar-refractivity contribution is 7.89. The Morgan fingerprint density at radius 2 is 2.33 bits per heavy atom. The molecule has 0 aromatic carbocycles. The Labute approximate surface area is 94.3 Å². The smallest absolute Gasteiger partial charge is 0.283 e. The molecule has 0 saturated heterocycles. The number of imidazole rings is 1. The number of halogens is 1. The molecule has 9 heteroatoms. The highest BCUT2D eigenvalue weighted by Crippen LogP contribution is 2.26. The molecule has 0 fully saturated rings. The van der Waals surface area contributed by atoms with Gasteiger partial charge in [-0.25, -0.2) is 13.4 Å². The zero-order valence-corrected chi connectivity index (χ0v) is 9.84. The topological polar surface area (TPSA) is 74.9 Å². The fourth-order valence-corrected chi connectivity index (χ4v) is 3.28. The summed E-state index contributed by atoms with van der Waals surface area (Å²) in [7, 11) is -2.99. The molecule has 82 valence electrons. The normalized spacial score (nSPS) is 12.8. The number of hydroxylamine groups is 1. The monoisotopic (exact) mass is 267 g/mol. The van der Waals surface area contributed by atoms with Gasteiger partial charge in [-0.2, -0.15) is 0 Å². The molecule has 0 amide bonds. The van der Waals surface area contributed by atoms with Crippen molar-refractivity contribution in [2.24, 2.45) is 0 Å². The maximum atomic E-state index is 11.7. The van der Waals surface area contributed by atoms with Crippen LogP contribution in [0.4, 0.5) is 0 Å². The van der Waals surface area contributed by atoms with Gasteiger partial charge in [0.25, 0.3) is 10.0 Å². The molecule has 0 atom stereocenters. The lowest BCUT2D eigenvalue weighted by Crippen LogP contribution is -2.24. The Bertz CT molecular complexity index is 600. The van der Waals surface area contributed by atoms with E-state index in [1.54, 1.807) is 5.38 Å². The predicted octanol–water partition coefficient (Wildman–Crippen LogP) is 1.06. The van der Waals surface area contributed by atoms with Gasteiger partial charge in [0.15, 0.2) is 15.1 Å². The van der Waals surface area contributed by atoms with E-state index in [1.807, 2.05) is 0 Å². The van der Waals surface area contributed by atoms with Crippen LogP contribution < -0.4 is 0 Å². The van der Waals surface area contributed by atoms with Crippen LogP contribution in [-0.4, -0.2) is 34.5 Å². The van der Waals surface area contributed by atoms with Gasteiger partial charge in [0, 0.05) is 18.6 Å². The zero-order valence-electron chi connectivity index (χ0n) is 7.45. The summed E-state index contributed by atoms with van der Waals surface area (Å²) in [5, 5.41) is 10.3. The lowest BCUT2D eigenvalue weighted by atomic mass is 10.9. The summed E-state index contributed by atoms with van der Waals surface area (Å²) in [5.41, 5.74) is 0. The second kappa shape index (κ2) is 3.42. The Morgan fingerprint density at radius 1 is 1.67 bits per heavy atom. The maximum Gasteiger partial charge on any atom is 0.283 e. The molecule has 0 aliphatic rings. The van der Waals surface area contributed by atoms with Crippen LogP contribution >= 0.6 is 22.9 Å². The van der Waals surface area contributed by atoms with E-state index in [-0.39, 0.29) is 14.6 Å². The predicted molar refractivity (Wildman–Crippen MR) is 54.8 cm³/mol. The van der Waals surface area contributed by atoms with E-state index in [4.69, 9.17) is 16.8 Å². The second-order valence-corrected chi connectivity index (χ2v) is 5.80. The van der Waals surface area contributed by atoms with Gasteiger partial charge in [-0.3, -0.25) is 9.61 Å². The first-order chi connectivity index (χ1) is 6.94. The lowest BCUT2D eigenvalue weighted by molar-refractivity contribution is 0.0306. The minimum absolute atomic E-state index is 0.111. The number of thiazole rings is 1. The molecule has 0 spiro atoms. The summed E-state index contributed by atoms with van der Waals surface area (Å²) in [4.78, 5) is 4.31. The first kappa shape index (κ1) is 10.8. The van der Waals surface area contributed by atoms with Crippen LogP contribution in [0.5, 0.6) is 0 Å². The van der Waals surface area contributed by atoms with Crippen LogP contribution in [0.15, 0.2) is 16.6 Å². The number of hydrogen-bond acceptors (Lipinski definition) is 5. The molecule has 2 aromatic heterocycles. The van der Waals surface area contributed by atoms with Gasteiger partial charge in [0.1, 0.15) is 0 Å². The van der Waals surface area contributed by atoms with E-state index in [0.717, 1.165) is 7.05 Å². The molecular weight excluding hydrogens is 262 g/mol. The van der Waals surface area contributed by atoms with E-state index in [1.165, 1.54) is 21.9 Å².